The zero-order chi connectivity index (χ0) is 14.5. The number of methoxy groups -OCH3 is 1. The molecule has 5 nitrogen and oxygen atoms in total. The Kier molecular flexibility index (Phi) is 5.28. The highest BCUT2D eigenvalue weighted by atomic mass is 79.9. The van der Waals surface area contributed by atoms with Gasteiger partial charge >= 0.3 is 0 Å². The second-order valence-electron chi connectivity index (χ2n) is 4.72. The fraction of sp³-hybridized carbons (Fsp3) is 0.429. The number of benzene rings is 1. The minimum Gasteiger partial charge on any atom is -0.383 e. The van der Waals surface area contributed by atoms with Crippen LogP contribution in [0.3, 0.4) is 0 Å². The average Bonchev–Trinajstić information content (AvgIpc) is 2.89. The molecule has 0 saturated heterocycles. The Balaban J connectivity index is 2.08. The Labute approximate surface area is 127 Å². The van der Waals surface area contributed by atoms with Crippen LogP contribution in [0.25, 0.3) is 5.69 Å². The molecule has 0 bridgehead atoms. The van der Waals surface area contributed by atoms with Crippen molar-refractivity contribution in [1.29, 1.82) is 0 Å². The van der Waals surface area contributed by atoms with E-state index in [1.54, 1.807) is 11.8 Å². The van der Waals surface area contributed by atoms with E-state index in [1.165, 1.54) is 11.1 Å². The highest BCUT2D eigenvalue weighted by Gasteiger charge is 2.06. The molecule has 1 aromatic heterocycles. The van der Waals surface area contributed by atoms with Gasteiger partial charge in [-0.15, -0.1) is 5.10 Å². The van der Waals surface area contributed by atoms with E-state index in [2.05, 4.69) is 57.5 Å². The van der Waals surface area contributed by atoms with Crippen molar-refractivity contribution in [3.8, 4) is 5.69 Å². The Morgan fingerprint density at radius 2 is 2.00 bits per heavy atom. The molecule has 20 heavy (non-hydrogen) atoms. The summed E-state index contributed by atoms with van der Waals surface area (Å²) in [5.74, 6) is 0. The first-order chi connectivity index (χ1) is 9.61. The van der Waals surface area contributed by atoms with E-state index in [4.69, 9.17) is 4.74 Å². The van der Waals surface area contributed by atoms with Crippen molar-refractivity contribution in [3.63, 3.8) is 0 Å². The molecule has 0 fully saturated rings. The number of ether oxygens (including phenoxy) is 1. The Hall–Kier alpha value is -1.24. The summed E-state index contributed by atoms with van der Waals surface area (Å²) in [6, 6.07) is 4.18. The van der Waals surface area contributed by atoms with E-state index in [0.717, 1.165) is 22.4 Å². The molecule has 0 saturated carbocycles. The van der Waals surface area contributed by atoms with Crippen molar-refractivity contribution in [3.05, 3.63) is 39.6 Å². The lowest BCUT2D eigenvalue weighted by Crippen LogP contribution is -2.18. The SMILES string of the molecule is COCCNCc1cn(-c2cc(C)c(Br)c(C)c2)nn1. The van der Waals surface area contributed by atoms with E-state index >= 15 is 0 Å². The summed E-state index contributed by atoms with van der Waals surface area (Å²) < 4.78 is 7.93. The van der Waals surface area contributed by atoms with Crippen molar-refractivity contribution < 1.29 is 4.74 Å². The average molecular weight is 339 g/mol. The van der Waals surface area contributed by atoms with Gasteiger partial charge in [-0.25, -0.2) is 4.68 Å². The number of aryl methyl sites for hydroxylation is 2. The Morgan fingerprint density at radius 3 is 2.65 bits per heavy atom. The summed E-state index contributed by atoms with van der Waals surface area (Å²) in [6.07, 6.45) is 1.95. The van der Waals surface area contributed by atoms with Gasteiger partial charge in [0.15, 0.2) is 0 Å². The zero-order valence-electron chi connectivity index (χ0n) is 12.0. The van der Waals surface area contributed by atoms with E-state index < -0.39 is 0 Å². The summed E-state index contributed by atoms with van der Waals surface area (Å²) in [7, 11) is 1.69. The van der Waals surface area contributed by atoms with Crippen LogP contribution in [0, 0.1) is 13.8 Å². The van der Waals surface area contributed by atoms with Crippen LogP contribution in [-0.4, -0.2) is 35.3 Å². The first kappa shape index (κ1) is 15.2. The van der Waals surface area contributed by atoms with Crippen LogP contribution in [-0.2, 0) is 11.3 Å². The van der Waals surface area contributed by atoms with Crippen LogP contribution in [0.15, 0.2) is 22.8 Å². The van der Waals surface area contributed by atoms with Crippen LogP contribution in [0.4, 0.5) is 0 Å². The van der Waals surface area contributed by atoms with Gasteiger partial charge in [0, 0.05) is 24.7 Å². The Bertz CT molecular complexity index is 559. The highest BCUT2D eigenvalue weighted by molar-refractivity contribution is 9.10. The predicted molar refractivity (Wildman–Crippen MR) is 82.1 cm³/mol. The molecule has 0 aliphatic carbocycles. The van der Waals surface area contributed by atoms with Crippen molar-refractivity contribution in [2.24, 2.45) is 0 Å². The molecule has 0 spiro atoms. The summed E-state index contributed by atoms with van der Waals surface area (Å²) in [5.41, 5.74) is 4.32. The monoisotopic (exact) mass is 338 g/mol. The van der Waals surface area contributed by atoms with Gasteiger partial charge < -0.3 is 10.1 Å². The first-order valence-electron chi connectivity index (χ1n) is 6.50. The first-order valence-corrected chi connectivity index (χ1v) is 7.29. The predicted octanol–water partition coefficient (Wildman–Crippen LogP) is 2.38. The largest absolute Gasteiger partial charge is 0.383 e. The minimum absolute atomic E-state index is 0.692. The number of rotatable bonds is 6. The van der Waals surface area contributed by atoms with E-state index in [-0.39, 0.29) is 0 Å². The molecule has 0 aliphatic rings. The molecule has 0 amide bonds. The number of hydrogen-bond acceptors (Lipinski definition) is 4. The molecule has 0 atom stereocenters. The third-order valence-electron chi connectivity index (χ3n) is 3.02. The lowest BCUT2D eigenvalue weighted by atomic mass is 10.1. The number of aromatic nitrogens is 3. The van der Waals surface area contributed by atoms with Gasteiger partial charge in [-0.1, -0.05) is 21.1 Å². The lowest BCUT2D eigenvalue weighted by molar-refractivity contribution is 0.199. The van der Waals surface area contributed by atoms with Crippen molar-refractivity contribution in [2.45, 2.75) is 20.4 Å². The van der Waals surface area contributed by atoms with Crippen LogP contribution >= 0.6 is 15.9 Å². The topological polar surface area (TPSA) is 52.0 Å². The summed E-state index contributed by atoms with van der Waals surface area (Å²) in [5, 5.41) is 11.6. The van der Waals surface area contributed by atoms with Gasteiger partial charge in [-0.3, -0.25) is 0 Å². The molecule has 0 unspecified atom stereocenters. The van der Waals surface area contributed by atoms with Gasteiger partial charge in [0.2, 0.25) is 0 Å². The van der Waals surface area contributed by atoms with Crippen molar-refractivity contribution in [1.82, 2.24) is 20.3 Å². The fourth-order valence-corrected chi connectivity index (χ4v) is 2.18. The summed E-state index contributed by atoms with van der Waals surface area (Å²) in [4.78, 5) is 0. The van der Waals surface area contributed by atoms with Crippen molar-refractivity contribution in [2.75, 3.05) is 20.3 Å². The summed E-state index contributed by atoms with van der Waals surface area (Å²) in [6.45, 7) is 6.34. The highest BCUT2D eigenvalue weighted by Crippen LogP contribution is 2.24. The zero-order valence-corrected chi connectivity index (χ0v) is 13.6. The molecular formula is C14H19BrN4O. The Morgan fingerprint density at radius 1 is 1.30 bits per heavy atom. The maximum Gasteiger partial charge on any atom is 0.0969 e. The third kappa shape index (κ3) is 3.65. The van der Waals surface area contributed by atoms with Crippen molar-refractivity contribution >= 4 is 15.9 Å². The maximum absolute atomic E-state index is 4.98. The van der Waals surface area contributed by atoms with Crippen LogP contribution < -0.4 is 5.32 Å². The van der Waals surface area contributed by atoms with E-state index in [1.807, 2.05) is 6.20 Å². The van der Waals surface area contributed by atoms with Crippen LogP contribution in [0.2, 0.25) is 0 Å². The number of nitrogens with one attached hydrogen (secondary N) is 1. The molecule has 6 heteroatoms. The van der Waals surface area contributed by atoms with Gasteiger partial charge in [0.1, 0.15) is 0 Å². The van der Waals surface area contributed by atoms with Gasteiger partial charge in [-0.05, 0) is 37.1 Å². The van der Waals surface area contributed by atoms with Gasteiger partial charge in [0.05, 0.1) is 24.2 Å². The smallest absolute Gasteiger partial charge is 0.0969 e. The van der Waals surface area contributed by atoms with E-state index in [0.29, 0.717) is 13.2 Å². The lowest BCUT2D eigenvalue weighted by Gasteiger charge is -2.07. The van der Waals surface area contributed by atoms with Gasteiger partial charge in [-0.2, -0.15) is 0 Å². The standard InChI is InChI=1S/C14H19BrN4O/c1-10-6-13(7-11(2)14(10)15)19-9-12(17-18-19)8-16-4-5-20-3/h6-7,9,16H,4-5,8H2,1-3H3. The quantitative estimate of drug-likeness (QED) is 0.821. The maximum atomic E-state index is 4.98. The number of halogens is 1. The molecule has 1 N–H and O–H groups in total. The molecular weight excluding hydrogens is 320 g/mol. The number of hydrogen-bond donors (Lipinski definition) is 1. The van der Waals surface area contributed by atoms with Crippen LogP contribution in [0.5, 0.6) is 0 Å². The van der Waals surface area contributed by atoms with E-state index in [9.17, 15) is 0 Å². The molecule has 108 valence electrons. The van der Waals surface area contributed by atoms with Gasteiger partial charge in [0.25, 0.3) is 0 Å². The number of nitrogens with zero attached hydrogens (tertiary/aromatic N) is 3. The molecule has 2 rings (SSSR count). The second-order valence-corrected chi connectivity index (χ2v) is 5.51. The molecule has 0 aliphatic heterocycles. The molecule has 0 radical (unpaired) electrons. The summed E-state index contributed by atoms with van der Waals surface area (Å²) >= 11 is 3.57. The molecule has 1 aromatic carbocycles. The normalized spacial score (nSPS) is 11.0. The minimum atomic E-state index is 0.692. The fourth-order valence-electron chi connectivity index (χ4n) is 1.95. The third-order valence-corrected chi connectivity index (χ3v) is 4.27. The molecule has 2 aromatic rings. The van der Waals surface area contributed by atoms with Crippen LogP contribution in [0.1, 0.15) is 16.8 Å². The molecule has 1 heterocycles. The second kappa shape index (κ2) is 6.97.